The van der Waals surface area contributed by atoms with Crippen molar-refractivity contribution in [2.45, 2.75) is 45.8 Å². The first-order valence-corrected chi connectivity index (χ1v) is 11.9. The molecular formula is C26H28ClN5O4. The van der Waals surface area contributed by atoms with Gasteiger partial charge in [-0.3, -0.25) is 14.5 Å². The maximum atomic E-state index is 13.4. The Balaban J connectivity index is 1.64. The lowest BCUT2D eigenvalue weighted by Crippen LogP contribution is -2.60. The quantitative estimate of drug-likeness (QED) is 0.473. The molecule has 3 aromatic rings. The highest BCUT2D eigenvalue weighted by Crippen LogP contribution is 2.29. The normalized spacial score (nSPS) is 15.2. The van der Waals surface area contributed by atoms with E-state index in [0.29, 0.717) is 11.4 Å². The lowest BCUT2D eigenvalue weighted by Gasteiger charge is -2.38. The number of aromatic nitrogens is 3. The second-order valence-corrected chi connectivity index (χ2v) is 10.1. The lowest BCUT2D eigenvalue weighted by molar-refractivity contribution is -0.165. The van der Waals surface area contributed by atoms with Gasteiger partial charge in [0.2, 0.25) is 11.8 Å². The van der Waals surface area contributed by atoms with Gasteiger partial charge in [-0.1, -0.05) is 53.2 Å². The number of ether oxygens (including phenoxy) is 1. The first-order chi connectivity index (χ1) is 17.0. The van der Waals surface area contributed by atoms with Gasteiger partial charge in [0.1, 0.15) is 24.7 Å². The van der Waals surface area contributed by atoms with Crippen LogP contribution in [0.4, 0.5) is 5.69 Å². The van der Waals surface area contributed by atoms with Gasteiger partial charge >= 0.3 is 5.97 Å². The molecule has 1 fully saturated rings. The molecular weight excluding hydrogens is 482 g/mol. The summed E-state index contributed by atoms with van der Waals surface area (Å²) in [5.74, 6) is -1.23. The maximum absolute atomic E-state index is 13.4. The van der Waals surface area contributed by atoms with Crippen molar-refractivity contribution in [1.82, 2.24) is 19.9 Å². The minimum atomic E-state index is -0.934. The Kier molecular flexibility index (Phi) is 7.12. The molecule has 188 valence electrons. The molecule has 1 aliphatic rings. The van der Waals surface area contributed by atoms with Gasteiger partial charge in [0.05, 0.1) is 17.6 Å². The van der Waals surface area contributed by atoms with Crippen LogP contribution < -0.4 is 4.90 Å². The number of halogens is 1. The van der Waals surface area contributed by atoms with Gasteiger partial charge in [-0.05, 0) is 51.0 Å². The SMILES string of the molecule is Cc1ccc(-n2cc(Cl)nn2)c(N2CC(=O)N(C(Cc3ccccc3)C(=O)OC(C)(C)C)CC2=O)c1. The monoisotopic (exact) mass is 509 g/mol. The van der Waals surface area contributed by atoms with E-state index in [1.807, 2.05) is 43.3 Å². The van der Waals surface area contributed by atoms with Crippen LogP contribution in [0.15, 0.2) is 54.7 Å². The highest BCUT2D eigenvalue weighted by atomic mass is 35.5. The van der Waals surface area contributed by atoms with Gasteiger partial charge < -0.3 is 9.64 Å². The Morgan fingerprint density at radius 1 is 1.06 bits per heavy atom. The molecule has 10 heteroatoms. The standard InChI is InChI=1S/C26H28ClN5O4/c1-17-10-11-19(32-14-22(27)28-29-32)20(12-17)30-15-24(34)31(16-23(30)33)21(25(35)36-26(2,3)4)13-18-8-6-5-7-9-18/h5-12,14,21H,13,15-16H2,1-4H3. The van der Waals surface area contributed by atoms with E-state index in [9.17, 15) is 14.4 Å². The van der Waals surface area contributed by atoms with Crippen LogP contribution in [0.1, 0.15) is 31.9 Å². The summed E-state index contributed by atoms with van der Waals surface area (Å²) in [6, 6.07) is 13.9. The Hall–Kier alpha value is -3.72. The van der Waals surface area contributed by atoms with Crippen molar-refractivity contribution >= 4 is 35.1 Å². The zero-order valence-electron chi connectivity index (χ0n) is 20.6. The average Bonchev–Trinajstić information content (AvgIpc) is 3.24. The van der Waals surface area contributed by atoms with E-state index in [0.717, 1.165) is 11.1 Å². The Bertz CT molecular complexity index is 1280. The third kappa shape index (κ3) is 5.73. The fraction of sp³-hybridized carbons (Fsp3) is 0.346. The molecule has 1 aromatic heterocycles. The number of esters is 1. The van der Waals surface area contributed by atoms with Gasteiger partial charge in [0.15, 0.2) is 5.15 Å². The summed E-state index contributed by atoms with van der Waals surface area (Å²) in [5.41, 5.74) is 2.09. The number of piperazine rings is 1. The third-order valence-electron chi connectivity index (χ3n) is 5.68. The molecule has 2 aromatic carbocycles. The highest BCUT2D eigenvalue weighted by molar-refractivity contribution is 6.29. The molecule has 2 heterocycles. The first-order valence-electron chi connectivity index (χ1n) is 11.6. The topological polar surface area (TPSA) is 97.6 Å². The summed E-state index contributed by atoms with van der Waals surface area (Å²) in [7, 11) is 0. The van der Waals surface area contributed by atoms with Crippen molar-refractivity contribution in [3.05, 3.63) is 71.0 Å². The molecule has 1 unspecified atom stereocenters. The molecule has 9 nitrogen and oxygen atoms in total. The zero-order chi connectivity index (χ0) is 26.0. The second-order valence-electron chi connectivity index (χ2n) is 9.72. The van der Waals surface area contributed by atoms with E-state index >= 15 is 0 Å². The van der Waals surface area contributed by atoms with Crippen molar-refractivity contribution in [2.75, 3.05) is 18.0 Å². The largest absolute Gasteiger partial charge is 0.458 e. The Labute approximate surface area is 214 Å². The van der Waals surface area contributed by atoms with Crippen molar-refractivity contribution in [1.29, 1.82) is 0 Å². The lowest BCUT2D eigenvalue weighted by atomic mass is 10.0. The summed E-state index contributed by atoms with van der Waals surface area (Å²) >= 11 is 5.95. The fourth-order valence-electron chi connectivity index (χ4n) is 4.07. The minimum absolute atomic E-state index is 0.204. The minimum Gasteiger partial charge on any atom is -0.458 e. The van der Waals surface area contributed by atoms with E-state index in [1.165, 1.54) is 20.7 Å². The van der Waals surface area contributed by atoms with Gasteiger partial charge in [-0.15, -0.1) is 5.10 Å². The first kappa shape index (κ1) is 25.4. The van der Waals surface area contributed by atoms with Gasteiger partial charge in [-0.2, -0.15) is 0 Å². The second kappa shape index (κ2) is 10.1. The van der Waals surface area contributed by atoms with E-state index in [-0.39, 0.29) is 36.5 Å². The summed E-state index contributed by atoms with van der Waals surface area (Å²) in [5, 5.41) is 8.01. The molecule has 0 saturated carbocycles. The van der Waals surface area contributed by atoms with Crippen LogP contribution in [0.5, 0.6) is 0 Å². The van der Waals surface area contributed by atoms with Gasteiger partial charge in [0.25, 0.3) is 0 Å². The molecule has 36 heavy (non-hydrogen) atoms. The number of carbonyl (C=O) groups excluding carboxylic acids is 3. The van der Waals surface area contributed by atoms with E-state index in [1.54, 1.807) is 32.9 Å². The number of rotatable bonds is 6. The van der Waals surface area contributed by atoms with E-state index in [4.69, 9.17) is 16.3 Å². The number of hydrogen-bond donors (Lipinski definition) is 0. The van der Waals surface area contributed by atoms with Crippen LogP contribution in [0.2, 0.25) is 5.15 Å². The molecule has 2 amide bonds. The highest BCUT2D eigenvalue weighted by Gasteiger charge is 2.40. The molecule has 0 radical (unpaired) electrons. The predicted molar refractivity (Wildman–Crippen MR) is 135 cm³/mol. The number of carbonyl (C=O) groups is 3. The number of nitrogens with zero attached hydrogens (tertiary/aromatic N) is 5. The number of hydrogen-bond acceptors (Lipinski definition) is 6. The third-order valence-corrected chi connectivity index (χ3v) is 5.85. The molecule has 0 bridgehead atoms. The van der Waals surface area contributed by atoms with E-state index < -0.39 is 17.6 Å². The molecule has 0 N–H and O–H groups in total. The molecule has 0 spiro atoms. The summed E-state index contributed by atoms with van der Waals surface area (Å²) < 4.78 is 7.09. The Morgan fingerprint density at radius 2 is 1.78 bits per heavy atom. The number of amides is 2. The average molecular weight is 510 g/mol. The fourth-order valence-corrected chi connectivity index (χ4v) is 4.20. The summed E-state index contributed by atoms with van der Waals surface area (Å²) in [6.07, 6.45) is 1.76. The van der Waals surface area contributed by atoms with Gasteiger partial charge in [-0.25, -0.2) is 9.48 Å². The molecule has 0 aliphatic carbocycles. The number of aryl methyl sites for hydroxylation is 1. The van der Waals surface area contributed by atoms with Crippen molar-refractivity contribution in [3.63, 3.8) is 0 Å². The summed E-state index contributed by atoms with van der Waals surface area (Å²) in [6.45, 7) is 6.70. The zero-order valence-corrected chi connectivity index (χ0v) is 21.4. The number of benzene rings is 2. The van der Waals surface area contributed by atoms with E-state index in [2.05, 4.69) is 10.3 Å². The van der Waals surface area contributed by atoms with Crippen molar-refractivity contribution < 1.29 is 19.1 Å². The van der Waals surface area contributed by atoms with Crippen LogP contribution >= 0.6 is 11.6 Å². The smallest absolute Gasteiger partial charge is 0.329 e. The summed E-state index contributed by atoms with van der Waals surface area (Å²) in [4.78, 5) is 42.8. The number of anilines is 1. The maximum Gasteiger partial charge on any atom is 0.329 e. The van der Waals surface area contributed by atoms with Crippen LogP contribution in [0.25, 0.3) is 5.69 Å². The molecule has 1 aliphatic heterocycles. The molecule has 4 rings (SSSR count). The van der Waals surface area contributed by atoms with Crippen LogP contribution in [-0.2, 0) is 25.5 Å². The molecule has 1 saturated heterocycles. The van der Waals surface area contributed by atoms with Crippen molar-refractivity contribution in [3.8, 4) is 5.69 Å². The van der Waals surface area contributed by atoms with Crippen LogP contribution in [0.3, 0.4) is 0 Å². The van der Waals surface area contributed by atoms with Gasteiger partial charge in [0, 0.05) is 6.42 Å². The van der Waals surface area contributed by atoms with Crippen LogP contribution in [0, 0.1) is 6.92 Å². The molecule has 1 atom stereocenters. The Morgan fingerprint density at radius 3 is 2.42 bits per heavy atom. The van der Waals surface area contributed by atoms with Crippen LogP contribution in [-0.4, -0.2) is 62.4 Å². The predicted octanol–water partition coefficient (Wildman–Crippen LogP) is 3.36. The van der Waals surface area contributed by atoms with Crippen molar-refractivity contribution in [2.24, 2.45) is 0 Å².